The highest BCUT2D eigenvalue weighted by Crippen LogP contribution is 2.19. The minimum atomic E-state index is -0.480. The Hall–Kier alpha value is -2.96. The second kappa shape index (κ2) is 8.82. The lowest BCUT2D eigenvalue weighted by Gasteiger charge is -2.26. The van der Waals surface area contributed by atoms with Gasteiger partial charge in [0.2, 0.25) is 0 Å². The minimum absolute atomic E-state index is 0.282. The molecule has 2 heterocycles. The molecule has 0 atom stereocenters. The Kier molecular flexibility index (Phi) is 5.80. The fraction of sp³-hybridized carbons (Fsp3) is 0.273. The predicted molar refractivity (Wildman–Crippen MR) is 106 cm³/mol. The fourth-order valence-corrected chi connectivity index (χ4v) is 3.06. The number of benzene rings is 2. The lowest BCUT2D eigenvalue weighted by atomic mass is 10.2. The number of carbonyl (C=O) groups excluding carboxylic acids is 1. The van der Waals surface area contributed by atoms with Gasteiger partial charge in [0.15, 0.2) is 0 Å². The largest absolute Gasteiger partial charge is 0.492 e. The number of rotatable bonds is 6. The summed E-state index contributed by atoms with van der Waals surface area (Å²) in [6.45, 7) is 4.94. The second-order valence-corrected chi connectivity index (χ2v) is 6.55. The first-order valence-electron chi connectivity index (χ1n) is 9.39. The van der Waals surface area contributed by atoms with Crippen LogP contribution in [-0.2, 0) is 4.74 Å². The number of aromatic nitrogens is 1. The third kappa shape index (κ3) is 4.65. The van der Waals surface area contributed by atoms with Gasteiger partial charge in [-0.3, -0.25) is 4.90 Å². The van der Waals surface area contributed by atoms with Crippen LogP contribution in [0.25, 0.3) is 10.9 Å². The lowest BCUT2D eigenvalue weighted by molar-refractivity contribution is 0.0322. The summed E-state index contributed by atoms with van der Waals surface area (Å²) in [5, 5.41) is 0.984. The van der Waals surface area contributed by atoms with E-state index in [1.807, 2.05) is 30.3 Å². The van der Waals surface area contributed by atoms with Gasteiger partial charge in [0.05, 0.1) is 18.7 Å². The quantitative estimate of drug-likeness (QED) is 0.485. The van der Waals surface area contributed by atoms with Gasteiger partial charge in [-0.05, 0) is 36.4 Å². The fourth-order valence-electron chi connectivity index (χ4n) is 3.06. The summed E-state index contributed by atoms with van der Waals surface area (Å²) >= 11 is 0. The summed E-state index contributed by atoms with van der Waals surface area (Å²) in [5.74, 6) is 0.726. The van der Waals surface area contributed by atoms with Crippen molar-refractivity contribution >= 4 is 16.9 Å². The molecule has 1 fully saturated rings. The molecule has 3 aromatic rings. The van der Waals surface area contributed by atoms with Crippen LogP contribution in [0.15, 0.2) is 60.7 Å². The van der Waals surface area contributed by atoms with Crippen molar-refractivity contribution in [1.82, 2.24) is 9.88 Å². The molecule has 1 aliphatic heterocycles. The first-order chi connectivity index (χ1) is 13.8. The van der Waals surface area contributed by atoms with E-state index in [0.717, 1.165) is 49.5 Å². The van der Waals surface area contributed by atoms with E-state index in [9.17, 15) is 4.79 Å². The molecule has 4 rings (SSSR count). The Morgan fingerprint density at radius 2 is 1.71 bits per heavy atom. The van der Waals surface area contributed by atoms with Gasteiger partial charge in [-0.25, -0.2) is 9.78 Å². The zero-order valence-electron chi connectivity index (χ0n) is 15.5. The van der Waals surface area contributed by atoms with E-state index < -0.39 is 5.97 Å². The van der Waals surface area contributed by atoms with Gasteiger partial charge >= 0.3 is 5.97 Å². The molecule has 0 amide bonds. The van der Waals surface area contributed by atoms with Gasteiger partial charge in [0, 0.05) is 25.0 Å². The number of nitrogens with zero attached hydrogens (tertiary/aromatic N) is 2. The Bertz CT molecular complexity index is 937. The molecule has 28 heavy (non-hydrogen) atoms. The van der Waals surface area contributed by atoms with Crippen LogP contribution in [0.2, 0.25) is 0 Å². The zero-order chi connectivity index (χ0) is 19.2. The monoisotopic (exact) mass is 378 g/mol. The number of hydrogen-bond donors (Lipinski definition) is 0. The number of morpholine rings is 1. The normalized spacial score (nSPS) is 14.7. The third-order valence-electron chi connectivity index (χ3n) is 4.62. The van der Waals surface area contributed by atoms with Crippen LogP contribution in [0.1, 0.15) is 10.5 Å². The van der Waals surface area contributed by atoms with Gasteiger partial charge in [-0.1, -0.05) is 24.3 Å². The van der Waals surface area contributed by atoms with Crippen molar-refractivity contribution in [2.45, 2.75) is 0 Å². The van der Waals surface area contributed by atoms with Crippen LogP contribution in [0.5, 0.6) is 11.5 Å². The van der Waals surface area contributed by atoms with Crippen LogP contribution in [0.4, 0.5) is 0 Å². The molecule has 1 saturated heterocycles. The number of para-hydroxylation sites is 1. The molecule has 0 N–H and O–H groups in total. The Morgan fingerprint density at radius 3 is 2.54 bits per heavy atom. The van der Waals surface area contributed by atoms with Crippen LogP contribution in [0, 0.1) is 0 Å². The summed E-state index contributed by atoms with van der Waals surface area (Å²) in [6.07, 6.45) is 0. The number of fused-ring (bicyclic) bond motifs is 1. The summed E-state index contributed by atoms with van der Waals surface area (Å²) in [7, 11) is 0. The highest BCUT2D eigenvalue weighted by atomic mass is 16.5. The average molecular weight is 378 g/mol. The number of esters is 1. The number of ether oxygens (including phenoxy) is 3. The van der Waals surface area contributed by atoms with Crippen LogP contribution >= 0.6 is 0 Å². The molecular formula is C22H22N2O4. The molecule has 0 spiro atoms. The molecule has 144 valence electrons. The van der Waals surface area contributed by atoms with Gasteiger partial charge in [0.25, 0.3) is 0 Å². The lowest BCUT2D eigenvalue weighted by Crippen LogP contribution is -2.38. The van der Waals surface area contributed by atoms with E-state index in [-0.39, 0.29) is 5.69 Å². The molecule has 0 saturated carbocycles. The summed E-state index contributed by atoms with van der Waals surface area (Å²) < 4.78 is 16.5. The van der Waals surface area contributed by atoms with E-state index in [4.69, 9.17) is 14.2 Å². The maximum absolute atomic E-state index is 12.4. The van der Waals surface area contributed by atoms with Crippen molar-refractivity contribution in [1.29, 1.82) is 0 Å². The number of carbonyl (C=O) groups is 1. The van der Waals surface area contributed by atoms with Crippen LogP contribution in [0.3, 0.4) is 0 Å². The maximum atomic E-state index is 12.4. The summed E-state index contributed by atoms with van der Waals surface area (Å²) in [4.78, 5) is 19.0. The van der Waals surface area contributed by atoms with E-state index in [0.29, 0.717) is 12.4 Å². The number of pyridine rings is 1. The van der Waals surface area contributed by atoms with Crippen molar-refractivity contribution in [3.8, 4) is 11.5 Å². The van der Waals surface area contributed by atoms with E-state index >= 15 is 0 Å². The zero-order valence-corrected chi connectivity index (χ0v) is 15.5. The van der Waals surface area contributed by atoms with E-state index in [1.165, 1.54) is 0 Å². The van der Waals surface area contributed by atoms with Crippen molar-refractivity contribution < 1.29 is 19.0 Å². The van der Waals surface area contributed by atoms with Crippen molar-refractivity contribution in [3.63, 3.8) is 0 Å². The molecule has 6 heteroatoms. The van der Waals surface area contributed by atoms with Crippen molar-refractivity contribution in [3.05, 3.63) is 66.4 Å². The standard InChI is InChI=1S/C22H22N2O4/c25-22(21-10-5-17-3-1-2-4-20(17)23-21)28-19-8-6-18(7-9-19)27-16-13-24-11-14-26-15-12-24/h1-10H,11-16H2. The smallest absolute Gasteiger partial charge is 0.362 e. The van der Waals surface area contributed by atoms with Gasteiger partial charge < -0.3 is 14.2 Å². The molecular weight excluding hydrogens is 356 g/mol. The highest BCUT2D eigenvalue weighted by molar-refractivity contribution is 5.92. The molecule has 1 aliphatic rings. The molecule has 0 bridgehead atoms. The average Bonchev–Trinajstić information content (AvgIpc) is 2.75. The minimum Gasteiger partial charge on any atom is -0.492 e. The number of hydrogen-bond acceptors (Lipinski definition) is 6. The van der Waals surface area contributed by atoms with Crippen LogP contribution < -0.4 is 9.47 Å². The first kappa shape index (κ1) is 18.4. The van der Waals surface area contributed by atoms with Gasteiger partial charge in [-0.15, -0.1) is 0 Å². The molecule has 2 aromatic carbocycles. The van der Waals surface area contributed by atoms with Gasteiger partial charge in [-0.2, -0.15) is 0 Å². The van der Waals surface area contributed by atoms with Crippen molar-refractivity contribution in [2.75, 3.05) is 39.5 Å². The molecule has 0 radical (unpaired) electrons. The summed E-state index contributed by atoms with van der Waals surface area (Å²) in [5.41, 5.74) is 1.05. The predicted octanol–water partition coefficient (Wildman–Crippen LogP) is 3.17. The highest BCUT2D eigenvalue weighted by Gasteiger charge is 2.12. The Labute approximate surface area is 163 Å². The SMILES string of the molecule is O=C(Oc1ccc(OCCN2CCOCC2)cc1)c1ccc2ccccc2n1. The third-order valence-corrected chi connectivity index (χ3v) is 4.62. The van der Waals surface area contributed by atoms with Crippen molar-refractivity contribution in [2.24, 2.45) is 0 Å². The van der Waals surface area contributed by atoms with E-state index in [2.05, 4.69) is 9.88 Å². The van der Waals surface area contributed by atoms with E-state index in [1.54, 1.807) is 30.3 Å². The van der Waals surface area contributed by atoms with Crippen LogP contribution in [-0.4, -0.2) is 55.3 Å². The molecule has 1 aromatic heterocycles. The Balaban J connectivity index is 1.31. The second-order valence-electron chi connectivity index (χ2n) is 6.55. The molecule has 6 nitrogen and oxygen atoms in total. The Morgan fingerprint density at radius 1 is 0.964 bits per heavy atom. The van der Waals surface area contributed by atoms with Gasteiger partial charge in [0.1, 0.15) is 23.8 Å². The molecule has 0 aliphatic carbocycles. The topological polar surface area (TPSA) is 60.9 Å². The first-order valence-corrected chi connectivity index (χ1v) is 9.39. The summed E-state index contributed by atoms with van der Waals surface area (Å²) in [6, 6.07) is 18.2. The molecule has 0 unspecified atom stereocenters. The maximum Gasteiger partial charge on any atom is 0.362 e.